The lowest BCUT2D eigenvalue weighted by Crippen LogP contribution is -2.40. The molecule has 0 saturated carbocycles. The van der Waals surface area contributed by atoms with Gasteiger partial charge in [0.2, 0.25) is 0 Å². The lowest BCUT2D eigenvalue weighted by molar-refractivity contribution is 0.237. The van der Waals surface area contributed by atoms with Gasteiger partial charge in [-0.25, -0.2) is 4.98 Å². The Bertz CT molecular complexity index is 460. The number of thiazole rings is 1. The predicted molar refractivity (Wildman–Crippen MR) is 117 cm³/mol. The SMILES string of the molecule is CCNC(=NCC(C)N(CC)CC)NCCc1ncc(CC)s1.I. The van der Waals surface area contributed by atoms with E-state index in [9.17, 15) is 0 Å². The van der Waals surface area contributed by atoms with Gasteiger partial charge in [0.05, 0.1) is 11.6 Å². The second-order valence-electron chi connectivity index (χ2n) is 5.54. The third-order valence-corrected chi connectivity index (χ3v) is 5.08. The minimum atomic E-state index is 0. The summed E-state index contributed by atoms with van der Waals surface area (Å²) in [6.07, 6.45) is 4.00. The molecule has 7 heteroatoms. The number of halogens is 1. The molecule has 1 aromatic heterocycles. The number of aryl methyl sites for hydroxylation is 1. The molecule has 0 fully saturated rings. The number of hydrogen-bond acceptors (Lipinski definition) is 4. The Morgan fingerprint density at radius 2 is 1.96 bits per heavy atom. The first-order chi connectivity index (χ1) is 11.1. The molecule has 1 atom stereocenters. The number of guanidine groups is 1. The normalized spacial score (nSPS) is 12.8. The summed E-state index contributed by atoms with van der Waals surface area (Å²) in [4.78, 5) is 13.0. The van der Waals surface area contributed by atoms with Crippen molar-refractivity contribution < 1.29 is 0 Å². The number of likely N-dealkylation sites (N-methyl/N-ethyl adjacent to an activating group) is 1. The third-order valence-electron chi connectivity index (χ3n) is 3.87. The Morgan fingerprint density at radius 3 is 2.50 bits per heavy atom. The van der Waals surface area contributed by atoms with Crippen molar-refractivity contribution in [3.8, 4) is 0 Å². The van der Waals surface area contributed by atoms with Gasteiger partial charge in [-0.05, 0) is 33.4 Å². The smallest absolute Gasteiger partial charge is 0.191 e. The van der Waals surface area contributed by atoms with Crippen molar-refractivity contribution in [2.45, 2.75) is 53.5 Å². The van der Waals surface area contributed by atoms with E-state index >= 15 is 0 Å². The van der Waals surface area contributed by atoms with Gasteiger partial charge < -0.3 is 10.6 Å². The highest BCUT2D eigenvalue weighted by atomic mass is 127. The lowest BCUT2D eigenvalue weighted by Gasteiger charge is -2.25. The zero-order valence-corrected chi connectivity index (χ0v) is 18.9. The average Bonchev–Trinajstić information content (AvgIpc) is 3.01. The summed E-state index contributed by atoms with van der Waals surface area (Å²) in [5, 5.41) is 7.93. The molecule has 0 amide bonds. The summed E-state index contributed by atoms with van der Waals surface area (Å²) >= 11 is 1.81. The highest BCUT2D eigenvalue weighted by Gasteiger charge is 2.09. The maximum absolute atomic E-state index is 4.72. The van der Waals surface area contributed by atoms with Gasteiger partial charge in [0.25, 0.3) is 0 Å². The van der Waals surface area contributed by atoms with Crippen molar-refractivity contribution in [2.24, 2.45) is 4.99 Å². The van der Waals surface area contributed by atoms with E-state index in [0.717, 1.165) is 51.5 Å². The molecule has 0 spiro atoms. The Balaban J connectivity index is 0.00000529. The van der Waals surface area contributed by atoms with Crippen LogP contribution in [0.1, 0.15) is 44.5 Å². The Kier molecular flexibility index (Phi) is 13.6. The molecule has 0 radical (unpaired) electrons. The maximum atomic E-state index is 4.72. The van der Waals surface area contributed by atoms with E-state index in [0.29, 0.717) is 6.04 Å². The van der Waals surface area contributed by atoms with Crippen molar-refractivity contribution in [1.29, 1.82) is 0 Å². The Morgan fingerprint density at radius 1 is 1.25 bits per heavy atom. The van der Waals surface area contributed by atoms with Gasteiger partial charge in [-0.1, -0.05) is 20.8 Å². The molecule has 0 aliphatic rings. The minimum absolute atomic E-state index is 0. The predicted octanol–water partition coefficient (Wildman–Crippen LogP) is 3.15. The van der Waals surface area contributed by atoms with Crippen LogP contribution in [0.5, 0.6) is 0 Å². The van der Waals surface area contributed by atoms with E-state index in [2.05, 4.69) is 55.1 Å². The van der Waals surface area contributed by atoms with Crippen LogP contribution in [0, 0.1) is 0 Å². The van der Waals surface area contributed by atoms with Crippen LogP contribution in [-0.4, -0.2) is 54.6 Å². The number of hydrogen-bond donors (Lipinski definition) is 2. The van der Waals surface area contributed by atoms with Gasteiger partial charge in [0, 0.05) is 36.6 Å². The van der Waals surface area contributed by atoms with Crippen LogP contribution in [0.3, 0.4) is 0 Å². The van der Waals surface area contributed by atoms with Crippen LogP contribution in [0.15, 0.2) is 11.2 Å². The van der Waals surface area contributed by atoms with Gasteiger partial charge in [-0.3, -0.25) is 9.89 Å². The summed E-state index contributed by atoms with van der Waals surface area (Å²) in [6.45, 7) is 15.6. The molecule has 0 aliphatic heterocycles. The first-order valence-electron chi connectivity index (χ1n) is 8.84. The zero-order valence-electron chi connectivity index (χ0n) is 15.8. The highest BCUT2D eigenvalue weighted by Crippen LogP contribution is 2.13. The standard InChI is InChI=1S/C17H33N5S.HI/c1-6-15-13-20-16(23-15)10-11-19-17(18-7-2)21-12-14(5)22(8-3)9-4;/h13-14H,6-12H2,1-5H3,(H2,18,19,21);1H. The monoisotopic (exact) mass is 467 g/mol. The number of aromatic nitrogens is 1. The fourth-order valence-electron chi connectivity index (χ4n) is 2.44. The van der Waals surface area contributed by atoms with Crippen molar-refractivity contribution in [2.75, 3.05) is 32.7 Å². The van der Waals surface area contributed by atoms with E-state index in [4.69, 9.17) is 4.99 Å². The molecule has 1 heterocycles. The number of nitrogens with one attached hydrogen (secondary N) is 2. The fraction of sp³-hybridized carbons (Fsp3) is 0.765. The van der Waals surface area contributed by atoms with E-state index in [1.165, 1.54) is 9.88 Å². The molecule has 140 valence electrons. The van der Waals surface area contributed by atoms with Crippen molar-refractivity contribution in [3.05, 3.63) is 16.1 Å². The molecule has 0 aliphatic carbocycles. The van der Waals surface area contributed by atoms with E-state index in [1.54, 1.807) is 0 Å². The van der Waals surface area contributed by atoms with Crippen molar-refractivity contribution >= 4 is 41.3 Å². The topological polar surface area (TPSA) is 52.6 Å². The summed E-state index contributed by atoms with van der Waals surface area (Å²) < 4.78 is 0. The molecule has 0 saturated heterocycles. The Hall–Kier alpha value is -0.410. The Labute approximate surface area is 168 Å². The molecular formula is C17H34IN5S. The zero-order chi connectivity index (χ0) is 17.1. The second-order valence-corrected chi connectivity index (χ2v) is 6.74. The molecule has 1 unspecified atom stereocenters. The second kappa shape index (κ2) is 13.8. The highest BCUT2D eigenvalue weighted by molar-refractivity contribution is 14.0. The summed E-state index contributed by atoms with van der Waals surface area (Å²) in [5.41, 5.74) is 0. The van der Waals surface area contributed by atoms with E-state index in [1.807, 2.05) is 17.5 Å². The quantitative estimate of drug-likeness (QED) is 0.316. The molecule has 24 heavy (non-hydrogen) atoms. The first-order valence-corrected chi connectivity index (χ1v) is 9.65. The fourth-order valence-corrected chi connectivity index (χ4v) is 3.30. The van der Waals surface area contributed by atoms with Crippen LogP contribution in [0.2, 0.25) is 0 Å². The average molecular weight is 467 g/mol. The third kappa shape index (κ3) is 8.62. The van der Waals surface area contributed by atoms with Gasteiger partial charge in [0.1, 0.15) is 0 Å². The molecule has 1 rings (SSSR count). The maximum Gasteiger partial charge on any atom is 0.191 e. The summed E-state index contributed by atoms with van der Waals surface area (Å²) in [6, 6.07) is 0.464. The van der Waals surface area contributed by atoms with Gasteiger partial charge in [-0.15, -0.1) is 35.3 Å². The van der Waals surface area contributed by atoms with Crippen LogP contribution >= 0.6 is 35.3 Å². The van der Waals surface area contributed by atoms with Gasteiger partial charge >= 0.3 is 0 Å². The first kappa shape index (κ1) is 23.6. The van der Waals surface area contributed by atoms with E-state index < -0.39 is 0 Å². The molecule has 5 nitrogen and oxygen atoms in total. The van der Waals surface area contributed by atoms with Crippen molar-refractivity contribution in [1.82, 2.24) is 20.5 Å². The summed E-state index contributed by atoms with van der Waals surface area (Å²) in [5.74, 6) is 0.902. The molecule has 0 aromatic carbocycles. The van der Waals surface area contributed by atoms with Gasteiger partial charge in [-0.2, -0.15) is 0 Å². The molecule has 0 bridgehead atoms. The number of aliphatic imine (C=N–C) groups is 1. The van der Waals surface area contributed by atoms with E-state index in [-0.39, 0.29) is 24.0 Å². The van der Waals surface area contributed by atoms with Crippen LogP contribution in [0.25, 0.3) is 0 Å². The van der Waals surface area contributed by atoms with Crippen LogP contribution in [-0.2, 0) is 12.8 Å². The van der Waals surface area contributed by atoms with Crippen LogP contribution < -0.4 is 10.6 Å². The molecule has 2 N–H and O–H groups in total. The van der Waals surface area contributed by atoms with Gasteiger partial charge in [0.15, 0.2) is 5.96 Å². The number of rotatable bonds is 10. The molecular weight excluding hydrogens is 433 g/mol. The largest absolute Gasteiger partial charge is 0.357 e. The van der Waals surface area contributed by atoms with Crippen LogP contribution in [0.4, 0.5) is 0 Å². The summed E-state index contributed by atoms with van der Waals surface area (Å²) in [7, 11) is 0. The van der Waals surface area contributed by atoms with Crippen molar-refractivity contribution in [3.63, 3.8) is 0 Å². The lowest BCUT2D eigenvalue weighted by atomic mass is 10.3. The minimum Gasteiger partial charge on any atom is -0.357 e. The number of nitrogens with zero attached hydrogens (tertiary/aromatic N) is 3. The molecule has 1 aromatic rings.